The van der Waals surface area contributed by atoms with Gasteiger partial charge in [0.2, 0.25) is 0 Å². The number of benzene rings is 1. The Hall–Kier alpha value is -2.57. The van der Waals surface area contributed by atoms with E-state index in [1.165, 1.54) is 12.0 Å². The lowest BCUT2D eigenvalue weighted by Crippen LogP contribution is -2.37. The van der Waals surface area contributed by atoms with Crippen LogP contribution in [-0.4, -0.2) is 53.4 Å². The van der Waals surface area contributed by atoms with E-state index >= 15 is 0 Å². The van der Waals surface area contributed by atoms with Crippen molar-refractivity contribution in [3.63, 3.8) is 0 Å². The van der Waals surface area contributed by atoms with Gasteiger partial charge in [0.15, 0.2) is 0 Å². The molecule has 1 N–H and O–H groups in total. The zero-order chi connectivity index (χ0) is 16.4. The molecule has 0 spiro atoms. The molecule has 1 aliphatic rings. The summed E-state index contributed by atoms with van der Waals surface area (Å²) in [7, 11) is 3.16. The number of piperidine rings is 1. The van der Waals surface area contributed by atoms with Crippen LogP contribution in [0.15, 0.2) is 18.2 Å². The molecule has 0 bridgehead atoms. The molecule has 7 heteroatoms. The molecule has 0 unspecified atom stereocenters. The van der Waals surface area contributed by atoms with Crippen molar-refractivity contribution in [3.8, 4) is 11.8 Å². The number of rotatable bonds is 3. The van der Waals surface area contributed by atoms with Crippen LogP contribution in [0.4, 0.5) is 4.79 Å². The number of aromatic nitrogens is 2. The van der Waals surface area contributed by atoms with Gasteiger partial charge in [-0.25, -0.2) is 4.79 Å². The first kappa shape index (κ1) is 15.3. The lowest BCUT2D eigenvalue weighted by molar-refractivity contribution is 0.131. The van der Waals surface area contributed by atoms with Crippen LogP contribution in [0.2, 0.25) is 0 Å². The Morgan fingerprint density at radius 1 is 1.22 bits per heavy atom. The number of carbonyl (C=O) groups is 1. The van der Waals surface area contributed by atoms with E-state index < -0.39 is 6.09 Å². The Morgan fingerprint density at radius 2 is 1.96 bits per heavy atom. The van der Waals surface area contributed by atoms with Crippen molar-refractivity contribution in [1.82, 2.24) is 14.9 Å². The van der Waals surface area contributed by atoms with E-state index in [2.05, 4.69) is 9.97 Å². The predicted octanol–water partition coefficient (Wildman–Crippen LogP) is 2.50. The number of likely N-dealkylation sites (tertiary alicyclic amines) is 1. The third kappa shape index (κ3) is 2.86. The summed E-state index contributed by atoms with van der Waals surface area (Å²) in [5, 5.41) is 9.97. The topological polar surface area (TPSA) is 84.8 Å². The number of ether oxygens (including phenoxy) is 2. The summed E-state index contributed by atoms with van der Waals surface area (Å²) in [4.78, 5) is 21.4. The zero-order valence-corrected chi connectivity index (χ0v) is 13.2. The van der Waals surface area contributed by atoms with Crippen molar-refractivity contribution in [3.05, 3.63) is 23.9 Å². The van der Waals surface area contributed by atoms with Crippen molar-refractivity contribution in [2.75, 3.05) is 27.3 Å². The first-order chi connectivity index (χ1) is 11.1. The first-order valence-electron chi connectivity index (χ1n) is 7.50. The predicted molar refractivity (Wildman–Crippen MR) is 84.2 cm³/mol. The average molecular weight is 317 g/mol. The average Bonchev–Trinajstić information content (AvgIpc) is 2.60. The van der Waals surface area contributed by atoms with Gasteiger partial charge in [0.25, 0.3) is 0 Å². The van der Waals surface area contributed by atoms with Crippen LogP contribution in [0.1, 0.15) is 24.5 Å². The van der Waals surface area contributed by atoms with Crippen molar-refractivity contribution in [1.29, 1.82) is 0 Å². The molecule has 0 radical (unpaired) electrons. The summed E-state index contributed by atoms with van der Waals surface area (Å²) in [5.74, 6) is 0.877. The summed E-state index contributed by atoms with van der Waals surface area (Å²) in [6.45, 7) is 1.01. The van der Waals surface area contributed by atoms with E-state index in [-0.39, 0.29) is 5.92 Å². The van der Waals surface area contributed by atoms with Gasteiger partial charge in [-0.1, -0.05) is 6.07 Å². The summed E-state index contributed by atoms with van der Waals surface area (Å²) >= 11 is 0. The number of methoxy groups -OCH3 is 2. The highest BCUT2D eigenvalue weighted by atomic mass is 16.5. The molecule has 3 rings (SSSR count). The van der Waals surface area contributed by atoms with E-state index in [1.807, 2.05) is 18.2 Å². The van der Waals surface area contributed by atoms with E-state index in [9.17, 15) is 4.79 Å². The maximum Gasteiger partial charge on any atom is 0.407 e. The number of carboxylic acid groups (broad SMARTS) is 1. The van der Waals surface area contributed by atoms with Gasteiger partial charge in [-0.3, -0.25) is 0 Å². The van der Waals surface area contributed by atoms with Gasteiger partial charge in [0.1, 0.15) is 5.75 Å². The molecule has 122 valence electrons. The lowest BCUT2D eigenvalue weighted by Gasteiger charge is -2.30. The van der Waals surface area contributed by atoms with Crippen LogP contribution >= 0.6 is 0 Å². The van der Waals surface area contributed by atoms with Gasteiger partial charge in [-0.15, -0.1) is 0 Å². The molecule has 1 aromatic heterocycles. The fourth-order valence-electron chi connectivity index (χ4n) is 3.06. The fourth-order valence-corrected chi connectivity index (χ4v) is 3.06. The number of fused-ring (bicyclic) bond motifs is 1. The Balaban J connectivity index is 2.04. The maximum absolute atomic E-state index is 11.1. The van der Waals surface area contributed by atoms with Gasteiger partial charge < -0.3 is 19.5 Å². The van der Waals surface area contributed by atoms with Gasteiger partial charge in [-0.2, -0.15) is 9.97 Å². The lowest BCUT2D eigenvalue weighted by atomic mass is 9.91. The van der Waals surface area contributed by atoms with Crippen LogP contribution in [0, 0.1) is 0 Å². The maximum atomic E-state index is 11.1. The highest BCUT2D eigenvalue weighted by Gasteiger charge is 2.27. The normalized spacial score (nSPS) is 15.7. The van der Waals surface area contributed by atoms with E-state index in [0.29, 0.717) is 19.1 Å². The summed E-state index contributed by atoms with van der Waals surface area (Å²) in [5.41, 5.74) is 1.64. The number of hydrogen-bond acceptors (Lipinski definition) is 5. The molecule has 1 saturated heterocycles. The first-order valence-corrected chi connectivity index (χ1v) is 7.50. The smallest absolute Gasteiger partial charge is 0.407 e. The van der Waals surface area contributed by atoms with E-state index in [4.69, 9.17) is 14.6 Å². The van der Waals surface area contributed by atoms with Crippen molar-refractivity contribution in [2.24, 2.45) is 0 Å². The van der Waals surface area contributed by atoms with Crippen molar-refractivity contribution >= 4 is 17.0 Å². The molecule has 23 heavy (non-hydrogen) atoms. The fraction of sp³-hybridized carbons (Fsp3) is 0.438. The number of hydrogen-bond donors (Lipinski definition) is 1. The number of amides is 1. The third-order valence-corrected chi connectivity index (χ3v) is 4.25. The molecule has 0 saturated carbocycles. The Kier molecular flexibility index (Phi) is 4.18. The highest BCUT2D eigenvalue weighted by Crippen LogP contribution is 2.36. The molecule has 7 nitrogen and oxygen atoms in total. The monoisotopic (exact) mass is 317 g/mol. The number of nitrogens with zero attached hydrogens (tertiary/aromatic N) is 3. The second-order valence-corrected chi connectivity index (χ2v) is 5.49. The summed E-state index contributed by atoms with van der Waals surface area (Å²) in [6, 6.07) is 5.98. The second kappa shape index (κ2) is 6.28. The molecule has 1 amide bonds. The van der Waals surface area contributed by atoms with Crippen molar-refractivity contribution < 1.29 is 19.4 Å². The molecular weight excluding hydrogens is 298 g/mol. The minimum atomic E-state index is -0.869. The van der Waals surface area contributed by atoms with Crippen LogP contribution < -0.4 is 9.47 Å². The van der Waals surface area contributed by atoms with Gasteiger partial charge in [0.05, 0.1) is 30.8 Å². The van der Waals surface area contributed by atoms with Gasteiger partial charge >= 0.3 is 12.1 Å². The third-order valence-electron chi connectivity index (χ3n) is 4.25. The molecule has 1 aromatic carbocycles. The Bertz CT molecular complexity index is 727. The van der Waals surface area contributed by atoms with E-state index in [1.54, 1.807) is 7.11 Å². The SMILES string of the molecule is COc1nc(C2CCN(C(=O)O)CC2)c2c(OC)cccc2n1. The standard InChI is InChI=1S/C16H19N3O4/c1-22-12-5-3-4-11-13(12)14(18-15(17-11)23-2)10-6-8-19(9-7-10)16(20)21/h3-5,10H,6-9H2,1-2H3,(H,20,21). The van der Waals surface area contributed by atoms with Crippen LogP contribution in [0.25, 0.3) is 10.9 Å². The quantitative estimate of drug-likeness (QED) is 0.936. The Labute approximate surface area is 133 Å². The minimum Gasteiger partial charge on any atom is -0.496 e. The van der Waals surface area contributed by atoms with E-state index in [0.717, 1.165) is 35.2 Å². The van der Waals surface area contributed by atoms with Crippen LogP contribution in [0.5, 0.6) is 11.8 Å². The molecule has 0 aliphatic carbocycles. The minimum absolute atomic E-state index is 0.154. The van der Waals surface area contributed by atoms with Gasteiger partial charge in [-0.05, 0) is 25.0 Å². The van der Waals surface area contributed by atoms with Crippen LogP contribution in [0.3, 0.4) is 0 Å². The summed E-state index contributed by atoms with van der Waals surface area (Å²) in [6.07, 6.45) is 0.574. The molecule has 1 fully saturated rings. The zero-order valence-electron chi connectivity index (χ0n) is 13.2. The highest BCUT2D eigenvalue weighted by molar-refractivity contribution is 5.88. The largest absolute Gasteiger partial charge is 0.496 e. The van der Waals surface area contributed by atoms with Crippen LogP contribution in [-0.2, 0) is 0 Å². The molecule has 2 heterocycles. The second-order valence-electron chi connectivity index (χ2n) is 5.49. The summed E-state index contributed by atoms with van der Waals surface area (Å²) < 4.78 is 10.7. The molecule has 0 atom stereocenters. The molecular formula is C16H19N3O4. The van der Waals surface area contributed by atoms with Gasteiger partial charge in [0, 0.05) is 19.0 Å². The Morgan fingerprint density at radius 3 is 2.57 bits per heavy atom. The molecule has 2 aromatic rings. The van der Waals surface area contributed by atoms with Crippen molar-refractivity contribution in [2.45, 2.75) is 18.8 Å². The molecule has 1 aliphatic heterocycles.